The second-order valence-electron chi connectivity index (χ2n) is 6.53. The molecular formula is C24H27NO3. The first-order valence-electron chi connectivity index (χ1n) is 9.37. The van der Waals surface area contributed by atoms with Gasteiger partial charge in [0.25, 0.3) is 0 Å². The van der Waals surface area contributed by atoms with Crippen LogP contribution >= 0.6 is 0 Å². The van der Waals surface area contributed by atoms with Crippen LogP contribution in [0.2, 0.25) is 0 Å². The van der Waals surface area contributed by atoms with E-state index in [0.29, 0.717) is 23.8 Å². The second-order valence-corrected chi connectivity index (χ2v) is 6.53. The zero-order chi connectivity index (χ0) is 19.8. The van der Waals surface area contributed by atoms with Crippen molar-refractivity contribution in [1.82, 2.24) is 5.32 Å². The lowest BCUT2D eigenvalue weighted by molar-refractivity contribution is 0.321. The lowest BCUT2D eigenvalue weighted by Crippen LogP contribution is -2.23. The molecule has 0 radical (unpaired) electrons. The van der Waals surface area contributed by atoms with Crippen LogP contribution in [-0.2, 0) is 13.0 Å². The molecular weight excluding hydrogens is 350 g/mol. The molecule has 0 spiro atoms. The van der Waals surface area contributed by atoms with Crippen molar-refractivity contribution < 1.29 is 14.2 Å². The number of hydrogen-bond acceptors (Lipinski definition) is 4. The minimum absolute atomic E-state index is 0.182. The smallest absolute Gasteiger partial charge is 0.203 e. The highest BCUT2D eigenvalue weighted by Gasteiger charge is 2.18. The zero-order valence-electron chi connectivity index (χ0n) is 16.6. The van der Waals surface area contributed by atoms with Crippen molar-refractivity contribution in [3.8, 4) is 17.2 Å². The van der Waals surface area contributed by atoms with Crippen molar-refractivity contribution in [2.45, 2.75) is 19.0 Å². The van der Waals surface area contributed by atoms with Gasteiger partial charge >= 0.3 is 0 Å². The van der Waals surface area contributed by atoms with E-state index in [2.05, 4.69) is 53.8 Å². The summed E-state index contributed by atoms with van der Waals surface area (Å²) < 4.78 is 16.5. The number of rotatable bonds is 9. The SMILES string of the molecule is COc1ccc(CNC(Cc2ccccc2)c2ccccc2)c(OC)c1OC. The van der Waals surface area contributed by atoms with Gasteiger partial charge in [-0.15, -0.1) is 0 Å². The Morgan fingerprint density at radius 1 is 0.714 bits per heavy atom. The Morgan fingerprint density at radius 3 is 1.96 bits per heavy atom. The Kier molecular flexibility index (Phi) is 6.93. The standard InChI is InChI=1S/C24H27NO3/c1-26-22-15-14-20(23(27-2)24(22)28-3)17-25-21(19-12-8-5-9-13-19)16-18-10-6-4-7-11-18/h4-15,21,25H,16-17H2,1-3H3. The summed E-state index contributed by atoms with van der Waals surface area (Å²) in [5.74, 6) is 1.97. The fraction of sp³-hybridized carbons (Fsp3) is 0.250. The highest BCUT2D eigenvalue weighted by atomic mass is 16.5. The molecule has 0 aliphatic heterocycles. The topological polar surface area (TPSA) is 39.7 Å². The molecule has 0 fully saturated rings. The van der Waals surface area contributed by atoms with E-state index in [1.807, 2.05) is 24.3 Å². The lowest BCUT2D eigenvalue weighted by Gasteiger charge is -2.21. The van der Waals surface area contributed by atoms with E-state index in [1.165, 1.54) is 11.1 Å². The van der Waals surface area contributed by atoms with Crippen LogP contribution in [0.15, 0.2) is 72.8 Å². The van der Waals surface area contributed by atoms with E-state index in [9.17, 15) is 0 Å². The average Bonchev–Trinajstić information content (AvgIpc) is 2.77. The maximum atomic E-state index is 5.62. The van der Waals surface area contributed by atoms with Crippen LogP contribution in [-0.4, -0.2) is 21.3 Å². The molecule has 4 heteroatoms. The number of benzene rings is 3. The van der Waals surface area contributed by atoms with Crippen molar-refractivity contribution in [3.05, 3.63) is 89.5 Å². The molecule has 3 aromatic carbocycles. The summed E-state index contributed by atoms with van der Waals surface area (Å²) in [7, 11) is 4.90. The maximum Gasteiger partial charge on any atom is 0.203 e. The van der Waals surface area contributed by atoms with Crippen LogP contribution in [0.25, 0.3) is 0 Å². The number of ether oxygens (including phenoxy) is 3. The van der Waals surface area contributed by atoms with E-state index >= 15 is 0 Å². The Balaban J connectivity index is 1.84. The minimum atomic E-state index is 0.182. The molecule has 4 nitrogen and oxygen atoms in total. The van der Waals surface area contributed by atoms with E-state index in [0.717, 1.165) is 12.0 Å². The van der Waals surface area contributed by atoms with Gasteiger partial charge in [-0.25, -0.2) is 0 Å². The third-order valence-electron chi connectivity index (χ3n) is 4.81. The number of hydrogen-bond donors (Lipinski definition) is 1. The summed E-state index contributed by atoms with van der Waals surface area (Å²) in [6, 6.07) is 25.1. The Bertz CT molecular complexity index is 866. The van der Waals surface area contributed by atoms with Gasteiger partial charge in [0.15, 0.2) is 11.5 Å². The summed E-state index contributed by atoms with van der Waals surface area (Å²) in [5, 5.41) is 3.69. The predicted octanol–water partition coefficient (Wildman–Crippen LogP) is 4.79. The van der Waals surface area contributed by atoms with Gasteiger partial charge in [0.2, 0.25) is 5.75 Å². The normalized spacial score (nSPS) is 11.7. The van der Waals surface area contributed by atoms with E-state index in [4.69, 9.17) is 14.2 Å². The molecule has 0 aromatic heterocycles. The third-order valence-corrected chi connectivity index (χ3v) is 4.81. The van der Waals surface area contributed by atoms with Crippen molar-refractivity contribution >= 4 is 0 Å². The minimum Gasteiger partial charge on any atom is -0.493 e. The summed E-state index contributed by atoms with van der Waals surface area (Å²) in [6.07, 6.45) is 0.903. The summed E-state index contributed by atoms with van der Waals surface area (Å²) in [4.78, 5) is 0. The second kappa shape index (κ2) is 9.81. The lowest BCUT2D eigenvalue weighted by atomic mass is 9.98. The quantitative estimate of drug-likeness (QED) is 0.582. The molecule has 146 valence electrons. The van der Waals surface area contributed by atoms with Crippen molar-refractivity contribution in [2.24, 2.45) is 0 Å². The molecule has 0 saturated carbocycles. The first kappa shape index (κ1) is 19.8. The van der Waals surface area contributed by atoms with Gasteiger partial charge in [0, 0.05) is 18.2 Å². The molecule has 1 unspecified atom stereocenters. The zero-order valence-corrected chi connectivity index (χ0v) is 16.6. The molecule has 1 N–H and O–H groups in total. The van der Waals surface area contributed by atoms with Crippen LogP contribution in [0.4, 0.5) is 0 Å². The van der Waals surface area contributed by atoms with Gasteiger partial charge in [-0.05, 0) is 23.6 Å². The van der Waals surface area contributed by atoms with Gasteiger partial charge in [0.05, 0.1) is 21.3 Å². The van der Waals surface area contributed by atoms with Gasteiger partial charge in [-0.1, -0.05) is 66.7 Å². The Labute approximate surface area is 167 Å². The van der Waals surface area contributed by atoms with Crippen LogP contribution in [0.3, 0.4) is 0 Å². The molecule has 28 heavy (non-hydrogen) atoms. The van der Waals surface area contributed by atoms with Gasteiger partial charge in [0.1, 0.15) is 0 Å². The van der Waals surface area contributed by atoms with E-state index in [1.54, 1.807) is 21.3 Å². The predicted molar refractivity (Wildman–Crippen MR) is 112 cm³/mol. The first-order valence-corrected chi connectivity index (χ1v) is 9.37. The highest BCUT2D eigenvalue weighted by molar-refractivity contribution is 5.55. The maximum absolute atomic E-state index is 5.62. The number of nitrogens with one attached hydrogen (secondary N) is 1. The molecule has 1 atom stereocenters. The molecule has 0 saturated heterocycles. The average molecular weight is 377 g/mol. The molecule has 3 aromatic rings. The van der Waals surface area contributed by atoms with Gasteiger partial charge in [-0.2, -0.15) is 0 Å². The van der Waals surface area contributed by atoms with Crippen LogP contribution < -0.4 is 19.5 Å². The van der Waals surface area contributed by atoms with Gasteiger partial charge in [-0.3, -0.25) is 0 Å². The fourth-order valence-electron chi connectivity index (χ4n) is 3.38. The molecule has 0 amide bonds. The number of methoxy groups -OCH3 is 3. The largest absolute Gasteiger partial charge is 0.493 e. The van der Waals surface area contributed by atoms with Crippen LogP contribution in [0.1, 0.15) is 22.7 Å². The van der Waals surface area contributed by atoms with Crippen LogP contribution in [0, 0.1) is 0 Å². The molecule has 0 heterocycles. The monoisotopic (exact) mass is 377 g/mol. The molecule has 0 aliphatic carbocycles. The van der Waals surface area contributed by atoms with Crippen LogP contribution in [0.5, 0.6) is 17.2 Å². The summed E-state index contributed by atoms with van der Waals surface area (Å²) in [6.45, 7) is 0.649. The van der Waals surface area contributed by atoms with E-state index < -0.39 is 0 Å². The summed E-state index contributed by atoms with van der Waals surface area (Å²) >= 11 is 0. The van der Waals surface area contributed by atoms with Crippen molar-refractivity contribution in [3.63, 3.8) is 0 Å². The fourth-order valence-corrected chi connectivity index (χ4v) is 3.38. The first-order chi connectivity index (χ1) is 13.8. The van der Waals surface area contributed by atoms with E-state index in [-0.39, 0.29) is 6.04 Å². The summed E-state index contributed by atoms with van der Waals surface area (Å²) in [5.41, 5.74) is 3.57. The molecule has 0 bridgehead atoms. The molecule has 3 rings (SSSR count). The highest BCUT2D eigenvalue weighted by Crippen LogP contribution is 2.39. The van der Waals surface area contributed by atoms with Gasteiger partial charge < -0.3 is 19.5 Å². The Hall–Kier alpha value is -2.98. The van der Waals surface area contributed by atoms with Crippen molar-refractivity contribution in [2.75, 3.05) is 21.3 Å². The molecule has 0 aliphatic rings. The van der Waals surface area contributed by atoms with Crippen molar-refractivity contribution in [1.29, 1.82) is 0 Å². The third kappa shape index (κ3) is 4.65. The Morgan fingerprint density at radius 2 is 1.36 bits per heavy atom.